The van der Waals surface area contributed by atoms with E-state index in [9.17, 15) is 4.79 Å². The fourth-order valence-electron chi connectivity index (χ4n) is 2.09. The molecule has 0 bridgehead atoms. The van der Waals surface area contributed by atoms with Crippen molar-refractivity contribution in [2.24, 2.45) is 0 Å². The van der Waals surface area contributed by atoms with Gasteiger partial charge < -0.3 is 4.90 Å². The number of carbonyl (C=O) groups is 1. The summed E-state index contributed by atoms with van der Waals surface area (Å²) in [6.07, 6.45) is 0. The Morgan fingerprint density at radius 2 is 1.88 bits per heavy atom. The predicted molar refractivity (Wildman–Crippen MR) is 69.0 cm³/mol. The Balaban J connectivity index is 1.90. The first-order valence-corrected chi connectivity index (χ1v) is 6.26. The van der Waals surface area contributed by atoms with E-state index in [1.165, 1.54) is 0 Å². The smallest absolute Gasteiger partial charge is 0.219 e. The molecule has 0 aliphatic carbocycles. The van der Waals surface area contributed by atoms with Gasteiger partial charge in [0.15, 0.2) is 0 Å². The number of benzene rings is 1. The maximum atomic E-state index is 11.2. The van der Waals surface area contributed by atoms with Crippen LogP contribution in [0, 0.1) is 0 Å². The van der Waals surface area contributed by atoms with Gasteiger partial charge in [-0.2, -0.15) is 0 Å². The molecule has 1 aliphatic heterocycles. The fourth-order valence-corrected chi connectivity index (χ4v) is 2.28. The fraction of sp³-hybridized carbons (Fsp3) is 0.462. The molecule has 0 saturated carbocycles. The van der Waals surface area contributed by atoms with E-state index in [-0.39, 0.29) is 5.91 Å². The lowest BCUT2D eigenvalue weighted by Gasteiger charge is -2.34. The Labute approximate surface area is 107 Å². The van der Waals surface area contributed by atoms with Gasteiger partial charge in [-0.1, -0.05) is 29.8 Å². The zero-order chi connectivity index (χ0) is 12.3. The van der Waals surface area contributed by atoms with Crippen LogP contribution in [-0.2, 0) is 11.3 Å². The maximum Gasteiger partial charge on any atom is 0.219 e. The van der Waals surface area contributed by atoms with Crippen LogP contribution in [0.4, 0.5) is 0 Å². The van der Waals surface area contributed by atoms with E-state index in [1.807, 2.05) is 23.1 Å². The average molecular weight is 253 g/mol. The number of halogens is 1. The van der Waals surface area contributed by atoms with Gasteiger partial charge >= 0.3 is 0 Å². The van der Waals surface area contributed by atoms with Crippen molar-refractivity contribution in [3.8, 4) is 0 Å². The van der Waals surface area contributed by atoms with Gasteiger partial charge in [0, 0.05) is 44.7 Å². The summed E-state index contributed by atoms with van der Waals surface area (Å²) >= 11 is 6.13. The number of nitrogens with zero attached hydrogens (tertiary/aromatic N) is 2. The quantitative estimate of drug-likeness (QED) is 0.804. The Kier molecular flexibility index (Phi) is 4.02. The van der Waals surface area contributed by atoms with Gasteiger partial charge in [-0.3, -0.25) is 9.69 Å². The summed E-state index contributed by atoms with van der Waals surface area (Å²) < 4.78 is 0. The first-order valence-electron chi connectivity index (χ1n) is 5.88. The largest absolute Gasteiger partial charge is 0.340 e. The monoisotopic (exact) mass is 252 g/mol. The van der Waals surface area contributed by atoms with E-state index in [1.54, 1.807) is 6.92 Å². The molecule has 0 radical (unpaired) electrons. The topological polar surface area (TPSA) is 23.6 Å². The van der Waals surface area contributed by atoms with Crippen LogP contribution >= 0.6 is 11.6 Å². The van der Waals surface area contributed by atoms with Crippen LogP contribution in [0.1, 0.15) is 12.5 Å². The van der Waals surface area contributed by atoms with Crippen molar-refractivity contribution >= 4 is 17.5 Å². The molecule has 1 amide bonds. The van der Waals surface area contributed by atoms with Gasteiger partial charge in [0.25, 0.3) is 0 Å². The minimum absolute atomic E-state index is 0.169. The standard InChI is InChI=1S/C13H17ClN2O/c1-11(17)16-8-6-15(7-9-16)10-12-4-2-3-5-13(12)14/h2-5H,6-10H2,1H3. The molecule has 0 atom stereocenters. The van der Waals surface area contributed by atoms with E-state index in [0.29, 0.717) is 0 Å². The summed E-state index contributed by atoms with van der Waals surface area (Å²) in [5, 5.41) is 0.821. The van der Waals surface area contributed by atoms with Gasteiger partial charge in [-0.25, -0.2) is 0 Å². The molecule has 0 N–H and O–H groups in total. The van der Waals surface area contributed by atoms with Gasteiger partial charge in [0.05, 0.1) is 0 Å². The Morgan fingerprint density at radius 1 is 1.24 bits per heavy atom. The highest BCUT2D eigenvalue weighted by atomic mass is 35.5. The molecule has 0 spiro atoms. The molecule has 3 nitrogen and oxygen atoms in total. The van der Waals surface area contributed by atoms with E-state index < -0.39 is 0 Å². The zero-order valence-electron chi connectivity index (χ0n) is 10.0. The molecule has 1 heterocycles. The molecular formula is C13H17ClN2O. The molecule has 2 rings (SSSR count). The van der Waals surface area contributed by atoms with Crippen molar-refractivity contribution < 1.29 is 4.79 Å². The highest BCUT2D eigenvalue weighted by Gasteiger charge is 2.18. The summed E-state index contributed by atoms with van der Waals surface area (Å²) in [6, 6.07) is 7.93. The second-order valence-corrected chi connectivity index (χ2v) is 4.78. The van der Waals surface area contributed by atoms with Crippen LogP contribution in [0.5, 0.6) is 0 Å². The zero-order valence-corrected chi connectivity index (χ0v) is 10.8. The molecule has 1 saturated heterocycles. The lowest BCUT2D eigenvalue weighted by atomic mass is 10.2. The van der Waals surface area contributed by atoms with Crippen LogP contribution in [0.15, 0.2) is 24.3 Å². The van der Waals surface area contributed by atoms with E-state index in [2.05, 4.69) is 11.0 Å². The Morgan fingerprint density at radius 3 is 2.47 bits per heavy atom. The Hall–Kier alpha value is -1.06. The third-order valence-corrected chi connectivity index (χ3v) is 3.54. The molecule has 1 aliphatic rings. The average Bonchev–Trinajstić information content (AvgIpc) is 2.33. The molecule has 0 unspecified atom stereocenters. The van der Waals surface area contributed by atoms with Crippen LogP contribution < -0.4 is 0 Å². The third-order valence-electron chi connectivity index (χ3n) is 3.17. The number of carbonyl (C=O) groups excluding carboxylic acids is 1. The molecule has 1 fully saturated rings. The lowest BCUT2D eigenvalue weighted by Crippen LogP contribution is -2.47. The third kappa shape index (κ3) is 3.20. The highest BCUT2D eigenvalue weighted by molar-refractivity contribution is 6.31. The first-order chi connectivity index (χ1) is 8.16. The summed E-state index contributed by atoms with van der Waals surface area (Å²) in [5.74, 6) is 0.169. The molecule has 1 aromatic rings. The number of piperazine rings is 1. The van der Waals surface area contributed by atoms with Gasteiger partial charge in [-0.05, 0) is 11.6 Å². The molecular weight excluding hydrogens is 236 g/mol. The van der Waals surface area contributed by atoms with Crippen molar-refractivity contribution in [2.45, 2.75) is 13.5 Å². The first kappa shape index (κ1) is 12.4. The second kappa shape index (κ2) is 5.52. The number of rotatable bonds is 2. The maximum absolute atomic E-state index is 11.2. The highest BCUT2D eigenvalue weighted by Crippen LogP contribution is 2.17. The molecule has 17 heavy (non-hydrogen) atoms. The molecule has 1 aromatic carbocycles. The molecule has 4 heteroatoms. The number of amides is 1. The van der Waals surface area contributed by atoms with Crippen LogP contribution in [-0.4, -0.2) is 41.9 Å². The van der Waals surface area contributed by atoms with E-state index >= 15 is 0 Å². The van der Waals surface area contributed by atoms with Gasteiger partial charge in [-0.15, -0.1) is 0 Å². The van der Waals surface area contributed by atoms with Crippen LogP contribution in [0.25, 0.3) is 0 Å². The van der Waals surface area contributed by atoms with E-state index in [4.69, 9.17) is 11.6 Å². The Bertz CT molecular complexity index is 400. The SMILES string of the molecule is CC(=O)N1CCN(Cc2ccccc2Cl)CC1. The molecule has 92 valence electrons. The van der Waals surface area contributed by atoms with Crippen molar-refractivity contribution in [1.82, 2.24) is 9.80 Å². The predicted octanol–water partition coefficient (Wildman–Crippen LogP) is 2.00. The van der Waals surface area contributed by atoms with Crippen molar-refractivity contribution in [2.75, 3.05) is 26.2 Å². The van der Waals surface area contributed by atoms with Crippen molar-refractivity contribution in [3.05, 3.63) is 34.9 Å². The lowest BCUT2D eigenvalue weighted by molar-refractivity contribution is -0.130. The van der Waals surface area contributed by atoms with Gasteiger partial charge in [0.1, 0.15) is 0 Å². The van der Waals surface area contributed by atoms with Crippen molar-refractivity contribution in [3.63, 3.8) is 0 Å². The van der Waals surface area contributed by atoms with Crippen LogP contribution in [0.2, 0.25) is 5.02 Å². The number of hydrogen-bond acceptors (Lipinski definition) is 2. The van der Waals surface area contributed by atoms with Crippen LogP contribution in [0.3, 0.4) is 0 Å². The minimum Gasteiger partial charge on any atom is -0.340 e. The summed E-state index contributed by atoms with van der Waals surface area (Å²) in [4.78, 5) is 15.4. The normalized spacial score (nSPS) is 17.2. The van der Waals surface area contributed by atoms with E-state index in [0.717, 1.165) is 43.3 Å². The van der Waals surface area contributed by atoms with Crippen molar-refractivity contribution in [1.29, 1.82) is 0 Å². The number of hydrogen-bond donors (Lipinski definition) is 0. The minimum atomic E-state index is 0.169. The summed E-state index contributed by atoms with van der Waals surface area (Å²) in [5.41, 5.74) is 1.16. The summed E-state index contributed by atoms with van der Waals surface area (Å²) in [7, 11) is 0. The van der Waals surface area contributed by atoms with Gasteiger partial charge in [0.2, 0.25) is 5.91 Å². The molecule has 0 aromatic heterocycles. The second-order valence-electron chi connectivity index (χ2n) is 4.37. The summed E-state index contributed by atoms with van der Waals surface area (Å²) in [6.45, 7) is 5.98.